The van der Waals surface area contributed by atoms with Crippen molar-refractivity contribution in [2.75, 3.05) is 6.54 Å². The summed E-state index contributed by atoms with van der Waals surface area (Å²) in [5.74, 6) is -0.210. The highest BCUT2D eigenvalue weighted by molar-refractivity contribution is 5.72. The fourth-order valence-electron chi connectivity index (χ4n) is 1.88. The fourth-order valence-corrected chi connectivity index (χ4v) is 1.88. The largest absolute Gasteiger partial charge is 0.459 e. The van der Waals surface area contributed by atoms with Crippen LogP contribution in [0.25, 0.3) is 0 Å². The van der Waals surface area contributed by atoms with Gasteiger partial charge in [0.2, 0.25) is 0 Å². The van der Waals surface area contributed by atoms with Crippen LogP contribution in [-0.2, 0) is 9.53 Å². The Kier molecular flexibility index (Phi) is 5.55. The van der Waals surface area contributed by atoms with Crippen LogP contribution >= 0.6 is 0 Å². The molecule has 1 rings (SSSR count). The molecule has 0 heterocycles. The second-order valence-electron chi connectivity index (χ2n) is 5.84. The zero-order valence-corrected chi connectivity index (χ0v) is 12.6. The molecule has 0 bridgehead atoms. The highest BCUT2D eigenvalue weighted by Gasteiger charge is 2.17. The molecule has 1 unspecified atom stereocenters. The van der Waals surface area contributed by atoms with E-state index in [-0.39, 0.29) is 18.6 Å². The molecule has 0 aliphatic heterocycles. The highest BCUT2D eigenvalue weighted by atomic mass is 16.6. The summed E-state index contributed by atoms with van der Waals surface area (Å²) in [6, 6.07) is 8.57. The summed E-state index contributed by atoms with van der Waals surface area (Å²) in [7, 11) is 0. The summed E-state index contributed by atoms with van der Waals surface area (Å²) in [6.45, 7) is 10.0. The maximum absolute atomic E-state index is 11.7. The molecule has 0 aromatic heterocycles. The van der Waals surface area contributed by atoms with Gasteiger partial charge in [0.15, 0.2) is 0 Å². The van der Waals surface area contributed by atoms with Crippen LogP contribution in [0.5, 0.6) is 0 Å². The van der Waals surface area contributed by atoms with E-state index in [1.54, 1.807) is 0 Å². The molecule has 19 heavy (non-hydrogen) atoms. The Morgan fingerprint density at radius 3 is 2.32 bits per heavy atom. The summed E-state index contributed by atoms with van der Waals surface area (Å²) in [4.78, 5) is 11.7. The van der Waals surface area contributed by atoms with Crippen molar-refractivity contribution in [3.05, 3.63) is 35.4 Å². The minimum Gasteiger partial charge on any atom is -0.459 e. The first kappa shape index (κ1) is 15.7. The van der Waals surface area contributed by atoms with Crippen LogP contribution in [0.3, 0.4) is 0 Å². The van der Waals surface area contributed by atoms with Crippen molar-refractivity contribution in [3.8, 4) is 0 Å². The highest BCUT2D eigenvalue weighted by Crippen LogP contribution is 2.17. The lowest BCUT2D eigenvalue weighted by Crippen LogP contribution is -2.33. The molecule has 1 N–H and O–H groups in total. The minimum absolute atomic E-state index is 0.188. The lowest BCUT2D eigenvalue weighted by Gasteiger charge is -2.22. The van der Waals surface area contributed by atoms with Gasteiger partial charge in [0.25, 0.3) is 0 Å². The molecule has 106 valence electrons. The molecule has 0 radical (unpaired) electrons. The van der Waals surface area contributed by atoms with Crippen LogP contribution in [0.1, 0.15) is 51.3 Å². The van der Waals surface area contributed by atoms with Gasteiger partial charge in [0.05, 0.1) is 6.54 Å². The average molecular weight is 263 g/mol. The lowest BCUT2D eigenvalue weighted by molar-refractivity contribution is -0.153. The van der Waals surface area contributed by atoms with Crippen molar-refractivity contribution in [3.63, 3.8) is 0 Å². The van der Waals surface area contributed by atoms with E-state index in [4.69, 9.17) is 4.74 Å². The summed E-state index contributed by atoms with van der Waals surface area (Å²) in [5, 5.41) is 3.25. The molecule has 0 aliphatic carbocycles. The van der Waals surface area contributed by atoms with Crippen LogP contribution in [0.4, 0.5) is 0 Å². The van der Waals surface area contributed by atoms with Crippen molar-refractivity contribution < 1.29 is 9.53 Å². The number of nitrogens with one attached hydrogen (secondary N) is 1. The summed E-state index contributed by atoms with van der Waals surface area (Å²) in [6.07, 6.45) is 0.936. The average Bonchev–Trinajstić information content (AvgIpc) is 2.29. The molecule has 3 heteroatoms. The molecule has 0 amide bonds. The van der Waals surface area contributed by atoms with Gasteiger partial charge in [-0.25, -0.2) is 0 Å². The third kappa shape index (κ3) is 5.88. The SMILES string of the molecule is CCC(NCC(=O)OC(C)(C)C)c1ccc(C)cc1. The van der Waals surface area contributed by atoms with Crippen molar-refractivity contribution in [1.29, 1.82) is 0 Å². The summed E-state index contributed by atoms with van der Waals surface area (Å²) in [5.41, 5.74) is 2.02. The normalized spacial score (nSPS) is 13.1. The molecule has 0 aliphatic rings. The Morgan fingerprint density at radius 2 is 1.84 bits per heavy atom. The number of esters is 1. The van der Waals surface area contributed by atoms with Gasteiger partial charge in [-0.2, -0.15) is 0 Å². The third-order valence-electron chi connectivity index (χ3n) is 2.80. The number of hydrogen-bond acceptors (Lipinski definition) is 3. The molecule has 1 aromatic carbocycles. The molecule has 0 saturated heterocycles. The Bertz CT molecular complexity index is 404. The Balaban J connectivity index is 2.54. The van der Waals surface area contributed by atoms with Gasteiger partial charge >= 0.3 is 5.97 Å². The van der Waals surface area contributed by atoms with Gasteiger partial charge in [-0.3, -0.25) is 4.79 Å². The molecule has 3 nitrogen and oxygen atoms in total. The van der Waals surface area contributed by atoms with Crippen molar-refractivity contribution in [2.45, 2.75) is 52.7 Å². The number of rotatable bonds is 5. The first-order valence-electron chi connectivity index (χ1n) is 6.83. The quantitative estimate of drug-likeness (QED) is 0.828. The van der Waals surface area contributed by atoms with Gasteiger partial charge in [-0.1, -0.05) is 36.8 Å². The van der Waals surface area contributed by atoms with Crippen LogP contribution < -0.4 is 5.32 Å². The van der Waals surface area contributed by atoms with Crippen LogP contribution in [-0.4, -0.2) is 18.1 Å². The van der Waals surface area contributed by atoms with E-state index in [0.29, 0.717) is 0 Å². The van der Waals surface area contributed by atoms with Crippen molar-refractivity contribution in [1.82, 2.24) is 5.32 Å². The Labute approximate surface area is 116 Å². The van der Waals surface area contributed by atoms with E-state index >= 15 is 0 Å². The zero-order valence-electron chi connectivity index (χ0n) is 12.6. The predicted octanol–water partition coefficient (Wildman–Crippen LogP) is 3.38. The van der Waals surface area contributed by atoms with Gasteiger partial charge in [0.1, 0.15) is 5.60 Å². The zero-order chi connectivity index (χ0) is 14.5. The lowest BCUT2D eigenvalue weighted by atomic mass is 10.0. The Morgan fingerprint density at radius 1 is 1.26 bits per heavy atom. The molecule has 0 saturated carbocycles. The van der Waals surface area contributed by atoms with E-state index in [9.17, 15) is 4.79 Å². The van der Waals surface area contributed by atoms with Crippen molar-refractivity contribution >= 4 is 5.97 Å². The number of hydrogen-bond donors (Lipinski definition) is 1. The number of carbonyl (C=O) groups excluding carboxylic acids is 1. The van der Waals surface area contributed by atoms with Gasteiger partial charge in [0, 0.05) is 6.04 Å². The number of benzene rings is 1. The first-order chi connectivity index (χ1) is 8.81. The van der Waals surface area contributed by atoms with E-state index < -0.39 is 5.60 Å². The van der Waals surface area contributed by atoms with Crippen LogP contribution in [0.2, 0.25) is 0 Å². The Hall–Kier alpha value is -1.35. The number of carbonyl (C=O) groups is 1. The maximum Gasteiger partial charge on any atom is 0.320 e. The second-order valence-corrected chi connectivity index (χ2v) is 5.84. The summed E-state index contributed by atoms with van der Waals surface area (Å²) < 4.78 is 5.29. The van der Waals surface area contributed by atoms with Gasteiger partial charge < -0.3 is 10.1 Å². The van der Waals surface area contributed by atoms with E-state index in [0.717, 1.165) is 6.42 Å². The first-order valence-corrected chi connectivity index (χ1v) is 6.83. The third-order valence-corrected chi connectivity index (χ3v) is 2.80. The standard InChI is InChI=1S/C16H25NO2/c1-6-14(13-9-7-12(2)8-10-13)17-11-15(18)19-16(3,4)5/h7-10,14,17H,6,11H2,1-5H3. The molecule has 0 fully saturated rings. The topological polar surface area (TPSA) is 38.3 Å². The smallest absolute Gasteiger partial charge is 0.320 e. The molecule has 1 atom stereocenters. The van der Waals surface area contributed by atoms with Crippen LogP contribution in [0.15, 0.2) is 24.3 Å². The molecule has 1 aromatic rings. The van der Waals surface area contributed by atoms with E-state index in [2.05, 4.69) is 43.4 Å². The maximum atomic E-state index is 11.7. The van der Waals surface area contributed by atoms with Gasteiger partial charge in [-0.05, 0) is 39.7 Å². The van der Waals surface area contributed by atoms with Gasteiger partial charge in [-0.15, -0.1) is 0 Å². The van der Waals surface area contributed by atoms with E-state index in [1.807, 2.05) is 20.8 Å². The minimum atomic E-state index is -0.426. The molecular weight excluding hydrogens is 238 g/mol. The van der Waals surface area contributed by atoms with Crippen molar-refractivity contribution in [2.24, 2.45) is 0 Å². The fraction of sp³-hybridized carbons (Fsp3) is 0.562. The van der Waals surface area contributed by atoms with Crippen LogP contribution in [0, 0.1) is 6.92 Å². The number of aryl methyl sites for hydroxylation is 1. The predicted molar refractivity (Wildman–Crippen MR) is 78.1 cm³/mol. The van der Waals surface area contributed by atoms with E-state index in [1.165, 1.54) is 11.1 Å². The monoisotopic (exact) mass is 263 g/mol. The number of ether oxygens (including phenoxy) is 1. The molecular formula is C16H25NO2. The second kappa shape index (κ2) is 6.71. The summed E-state index contributed by atoms with van der Waals surface area (Å²) >= 11 is 0. The molecule has 0 spiro atoms.